The highest BCUT2D eigenvalue weighted by Crippen LogP contribution is 2.45. The molecule has 1 aromatic carbocycles. The van der Waals surface area contributed by atoms with Gasteiger partial charge in [-0.05, 0) is 31.4 Å². The van der Waals surface area contributed by atoms with Crippen molar-refractivity contribution in [1.29, 1.82) is 0 Å². The number of esters is 1. The number of halogens is 2. The number of aromatic nitrogens is 2. The second-order valence-corrected chi connectivity index (χ2v) is 11.3. The van der Waals surface area contributed by atoms with Crippen molar-refractivity contribution in [2.75, 3.05) is 11.9 Å². The van der Waals surface area contributed by atoms with Gasteiger partial charge in [0.2, 0.25) is 6.23 Å². The molecule has 4 N–H and O–H groups in total. The summed E-state index contributed by atoms with van der Waals surface area (Å²) >= 11 is 0. The first-order valence-corrected chi connectivity index (χ1v) is 13.8. The second-order valence-electron chi connectivity index (χ2n) is 9.71. The number of rotatable bonds is 12. The van der Waals surface area contributed by atoms with E-state index < -0.39 is 62.3 Å². The monoisotopic (exact) mass is 574 g/mol. The Kier molecular flexibility index (Phi) is 9.97. The van der Waals surface area contributed by atoms with Crippen molar-refractivity contribution < 1.29 is 42.1 Å². The fourth-order valence-electron chi connectivity index (χ4n) is 3.75. The molecule has 12 nitrogen and oxygen atoms in total. The Morgan fingerprint density at radius 3 is 2.49 bits per heavy atom. The van der Waals surface area contributed by atoms with Gasteiger partial charge in [-0.1, -0.05) is 44.2 Å². The average Bonchev–Trinajstić information content (AvgIpc) is 3.08. The number of anilines is 1. The SMILES string of the molecule is CC(C)Nc1ccn([C@@H]2O[C@H](COP(=O)(O)NC(C(=O)OCc3ccccc3)C(C)C)[C@@H](O)C2(F)F)c(=O)n1. The molecular weight excluding hydrogens is 541 g/mol. The molecule has 5 atom stereocenters. The first-order chi connectivity index (χ1) is 18.2. The molecule has 1 aliphatic rings. The minimum Gasteiger partial charge on any atom is -0.460 e. The standard InChI is InChI=1S/C24H33F2N4O8P/c1-14(2)19(21(32)36-12-16-8-6-5-7-9-16)29-39(34,35)37-13-17-20(31)24(25,26)22(38-17)30-11-10-18(27-15(3)4)28-23(30)33/h5-11,14-15,17,19-20,22,31H,12-13H2,1-4H3,(H,27,28,33)(H2,29,34,35)/t17-,19?,20-,22-/m1/s1. The number of nitrogens with one attached hydrogen (secondary N) is 2. The molecule has 1 fully saturated rings. The molecule has 0 bridgehead atoms. The van der Waals surface area contributed by atoms with Gasteiger partial charge in [-0.15, -0.1) is 0 Å². The third-order valence-corrected chi connectivity index (χ3v) is 6.86. The molecule has 2 aromatic rings. The summed E-state index contributed by atoms with van der Waals surface area (Å²) in [6.07, 6.45) is -5.45. The molecular formula is C24H33F2N4O8P. The summed E-state index contributed by atoms with van der Waals surface area (Å²) in [5, 5.41) is 15.2. The van der Waals surface area contributed by atoms with Crippen LogP contribution >= 0.6 is 7.75 Å². The number of carbonyl (C=O) groups excluding carboxylic acids is 1. The summed E-state index contributed by atoms with van der Waals surface area (Å²) in [5.74, 6) is -5.12. The second kappa shape index (κ2) is 12.6. The normalized spacial score (nSPS) is 23.0. The topological polar surface area (TPSA) is 161 Å². The van der Waals surface area contributed by atoms with Crippen LogP contribution < -0.4 is 16.1 Å². The van der Waals surface area contributed by atoms with Crippen LogP contribution in [0.4, 0.5) is 14.6 Å². The highest BCUT2D eigenvalue weighted by Gasteiger charge is 2.60. The number of hydrogen-bond acceptors (Lipinski definition) is 9. The Morgan fingerprint density at radius 2 is 1.90 bits per heavy atom. The van der Waals surface area contributed by atoms with Gasteiger partial charge in [0.05, 0.1) is 6.61 Å². The van der Waals surface area contributed by atoms with Crippen LogP contribution in [-0.4, -0.2) is 62.3 Å². The summed E-state index contributed by atoms with van der Waals surface area (Å²) in [5.41, 5.74) is -0.345. The van der Waals surface area contributed by atoms with Crippen molar-refractivity contribution in [3.63, 3.8) is 0 Å². The minimum absolute atomic E-state index is 0.0657. The molecule has 39 heavy (non-hydrogen) atoms. The summed E-state index contributed by atoms with van der Waals surface area (Å²) in [6, 6.07) is 8.76. The van der Waals surface area contributed by atoms with Crippen molar-refractivity contribution >= 4 is 19.5 Å². The van der Waals surface area contributed by atoms with E-state index in [0.717, 1.165) is 6.20 Å². The van der Waals surface area contributed by atoms with Crippen molar-refractivity contribution in [2.45, 2.75) is 70.7 Å². The zero-order chi connectivity index (χ0) is 29.0. The van der Waals surface area contributed by atoms with E-state index in [1.807, 2.05) is 0 Å². The Bertz CT molecular complexity index is 1230. The highest BCUT2D eigenvalue weighted by atomic mass is 31.2. The van der Waals surface area contributed by atoms with Gasteiger partial charge in [-0.25, -0.2) is 14.4 Å². The van der Waals surface area contributed by atoms with Crippen LogP contribution in [0.15, 0.2) is 47.4 Å². The van der Waals surface area contributed by atoms with Crippen LogP contribution in [0.2, 0.25) is 0 Å². The largest absolute Gasteiger partial charge is 0.460 e. The lowest BCUT2D eigenvalue weighted by atomic mass is 10.1. The summed E-state index contributed by atoms with van der Waals surface area (Å²) in [6.45, 7) is 5.78. The van der Waals surface area contributed by atoms with Crippen LogP contribution in [0.1, 0.15) is 39.5 Å². The highest BCUT2D eigenvalue weighted by molar-refractivity contribution is 7.50. The van der Waals surface area contributed by atoms with Gasteiger partial charge >= 0.3 is 25.3 Å². The maximum absolute atomic E-state index is 14.9. The number of hydrogen-bond donors (Lipinski definition) is 4. The minimum atomic E-state index is -4.77. The van der Waals surface area contributed by atoms with Gasteiger partial charge in [0.15, 0.2) is 6.10 Å². The molecule has 0 aliphatic carbocycles. The van der Waals surface area contributed by atoms with Gasteiger partial charge in [-0.3, -0.25) is 13.9 Å². The number of benzene rings is 1. The van der Waals surface area contributed by atoms with Crippen molar-refractivity contribution in [2.24, 2.45) is 5.92 Å². The molecule has 1 aliphatic heterocycles. The fraction of sp³-hybridized carbons (Fsp3) is 0.542. The summed E-state index contributed by atoms with van der Waals surface area (Å²) in [4.78, 5) is 38.9. The predicted molar refractivity (Wildman–Crippen MR) is 136 cm³/mol. The van der Waals surface area contributed by atoms with Crippen LogP contribution in [0.25, 0.3) is 0 Å². The number of ether oxygens (including phenoxy) is 2. The maximum atomic E-state index is 14.9. The molecule has 1 saturated heterocycles. The van der Waals surface area contributed by atoms with Crippen molar-refractivity contribution in [3.8, 4) is 0 Å². The zero-order valence-corrected chi connectivity index (χ0v) is 22.8. The molecule has 216 valence electrons. The fourth-order valence-corrected chi connectivity index (χ4v) is 4.93. The van der Waals surface area contributed by atoms with E-state index in [9.17, 15) is 32.9 Å². The van der Waals surface area contributed by atoms with Gasteiger partial charge in [-0.2, -0.15) is 13.8 Å². The Balaban J connectivity index is 1.64. The molecule has 2 heterocycles. The summed E-state index contributed by atoms with van der Waals surface area (Å²) < 4.78 is 58.2. The van der Waals surface area contributed by atoms with Crippen molar-refractivity contribution in [3.05, 3.63) is 58.6 Å². The Morgan fingerprint density at radius 1 is 1.23 bits per heavy atom. The van der Waals surface area contributed by atoms with E-state index in [2.05, 4.69) is 15.4 Å². The summed E-state index contributed by atoms with van der Waals surface area (Å²) in [7, 11) is -4.77. The van der Waals surface area contributed by atoms with Gasteiger partial charge in [0.25, 0.3) is 0 Å². The van der Waals surface area contributed by atoms with Gasteiger partial charge in [0, 0.05) is 12.2 Å². The van der Waals surface area contributed by atoms with Crippen LogP contribution in [0.5, 0.6) is 0 Å². The number of aliphatic hydroxyl groups is 1. The molecule has 15 heteroatoms. The smallest absolute Gasteiger partial charge is 0.403 e. The lowest BCUT2D eigenvalue weighted by Gasteiger charge is -2.24. The molecule has 2 unspecified atom stereocenters. The Labute approximate surface area is 223 Å². The van der Waals surface area contributed by atoms with E-state index in [0.29, 0.717) is 10.1 Å². The number of aliphatic hydroxyl groups excluding tert-OH is 1. The first kappa shape index (κ1) is 30.8. The van der Waals surface area contributed by atoms with Crippen LogP contribution in [-0.2, 0) is 30.0 Å². The first-order valence-electron chi connectivity index (χ1n) is 12.2. The molecule has 0 amide bonds. The zero-order valence-electron chi connectivity index (χ0n) is 21.9. The van der Waals surface area contributed by atoms with E-state index in [4.69, 9.17) is 14.0 Å². The molecule has 0 saturated carbocycles. The van der Waals surface area contributed by atoms with E-state index in [-0.39, 0.29) is 18.5 Å². The van der Waals surface area contributed by atoms with E-state index in [1.165, 1.54) is 6.07 Å². The number of alkyl halides is 2. The van der Waals surface area contributed by atoms with Crippen molar-refractivity contribution in [1.82, 2.24) is 14.6 Å². The Hall–Kier alpha value is -2.74. The molecule has 0 spiro atoms. The lowest BCUT2D eigenvalue weighted by Crippen LogP contribution is -2.42. The van der Waals surface area contributed by atoms with E-state index >= 15 is 0 Å². The molecule has 1 aromatic heterocycles. The maximum Gasteiger partial charge on any atom is 0.403 e. The lowest BCUT2D eigenvalue weighted by molar-refractivity contribution is -0.148. The van der Waals surface area contributed by atoms with Gasteiger partial charge in [0.1, 0.15) is 24.6 Å². The predicted octanol–water partition coefficient (Wildman–Crippen LogP) is 2.43. The average molecular weight is 575 g/mol. The quantitative estimate of drug-likeness (QED) is 0.218. The number of carbonyl (C=O) groups is 1. The third kappa shape index (κ3) is 7.90. The van der Waals surface area contributed by atoms with Crippen LogP contribution in [0.3, 0.4) is 0 Å². The third-order valence-electron chi connectivity index (χ3n) is 5.76. The number of nitrogens with zero attached hydrogens (tertiary/aromatic N) is 2. The van der Waals surface area contributed by atoms with Gasteiger partial charge < -0.3 is 24.8 Å². The molecule has 3 rings (SSSR count). The molecule has 0 radical (unpaired) electrons. The van der Waals surface area contributed by atoms with Crippen LogP contribution in [0, 0.1) is 5.92 Å². The van der Waals surface area contributed by atoms with E-state index in [1.54, 1.807) is 58.0 Å².